The molecule has 1 fully saturated rings. The molecule has 0 unspecified atom stereocenters. The van der Waals surface area contributed by atoms with Crippen molar-refractivity contribution in [3.63, 3.8) is 0 Å². The van der Waals surface area contributed by atoms with Crippen molar-refractivity contribution < 1.29 is 14.7 Å². The van der Waals surface area contributed by atoms with Gasteiger partial charge in [0.25, 0.3) is 5.91 Å². The minimum absolute atomic E-state index is 0.237. The van der Waals surface area contributed by atoms with Gasteiger partial charge < -0.3 is 10.0 Å². The molecule has 0 saturated carbocycles. The largest absolute Gasteiger partial charge is 0.480 e. The van der Waals surface area contributed by atoms with Gasteiger partial charge in [-0.1, -0.05) is 60.7 Å². The number of thiocarbonyl (C=S) groups is 1. The van der Waals surface area contributed by atoms with Crippen molar-refractivity contribution in [2.45, 2.75) is 24.7 Å². The van der Waals surface area contributed by atoms with Crippen LogP contribution in [0.3, 0.4) is 0 Å². The van der Waals surface area contributed by atoms with Crippen molar-refractivity contribution in [3.8, 4) is 0 Å². The first-order valence-electron chi connectivity index (χ1n) is 8.69. The Hall–Kier alpha value is -1.99. The minimum atomic E-state index is -1.11. The molecule has 2 heterocycles. The number of hydrogen-bond donors (Lipinski definition) is 1. The van der Waals surface area contributed by atoms with Gasteiger partial charge in [-0.25, -0.2) is 4.85 Å². The lowest BCUT2D eigenvalue weighted by Crippen LogP contribution is -2.33. The Balaban J connectivity index is 1.91. The van der Waals surface area contributed by atoms with Crippen molar-refractivity contribution in [3.05, 3.63) is 50.7 Å². The van der Waals surface area contributed by atoms with Crippen LogP contribution in [0.25, 0.3) is 4.85 Å². The highest BCUT2D eigenvalue weighted by atomic mass is 35.5. The van der Waals surface area contributed by atoms with Crippen LogP contribution in [0.15, 0.2) is 39.1 Å². The molecule has 2 aliphatic heterocycles. The highest BCUT2D eigenvalue weighted by Gasteiger charge is 2.33. The Morgan fingerprint density at radius 2 is 2.10 bits per heavy atom. The fourth-order valence-electron chi connectivity index (χ4n) is 2.80. The van der Waals surface area contributed by atoms with E-state index in [1.165, 1.54) is 11.8 Å². The number of thioether (sulfide) groups is 2. The molecule has 1 saturated heterocycles. The lowest BCUT2D eigenvalue weighted by atomic mass is 10.2. The average Bonchev–Trinajstić information content (AvgIpc) is 3.14. The van der Waals surface area contributed by atoms with E-state index in [2.05, 4.69) is 16.7 Å². The quantitative estimate of drug-likeness (QED) is 0.348. The van der Waals surface area contributed by atoms with E-state index in [9.17, 15) is 9.59 Å². The molecule has 0 spiro atoms. The van der Waals surface area contributed by atoms with E-state index in [0.717, 1.165) is 51.7 Å². The van der Waals surface area contributed by atoms with Gasteiger partial charge in [0.2, 0.25) is 5.69 Å². The third-order valence-electron chi connectivity index (χ3n) is 4.20. The molecule has 0 aliphatic carbocycles. The van der Waals surface area contributed by atoms with Crippen molar-refractivity contribution >= 4 is 74.9 Å². The number of nitrogens with zero attached hydrogens (tertiary/aromatic N) is 3. The fraction of sp³-hybridized carbons (Fsp3) is 0.263. The summed E-state index contributed by atoms with van der Waals surface area (Å²) in [6, 6.07) is 3.58. The van der Waals surface area contributed by atoms with E-state index in [1.807, 2.05) is 6.08 Å². The number of carbonyl (C=O) groups is 2. The minimum Gasteiger partial charge on any atom is -0.480 e. The molecule has 0 radical (unpaired) electrons. The molecule has 10 heteroatoms. The van der Waals surface area contributed by atoms with Gasteiger partial charge in [0.15, 0.2) is 0 Å². The summed E-state index contributed by atoms with van der Waals surface area (Å²) in [5, 5.41) is 10.3. The van der Waals surface area contributed by atoms with Crippen molar-refractivity contribution in [2.24, 2.45) is 0 Å². The molecule has 3 rings (SSSR count). The Morgan fingerprint density at radius 1 is 1.34 bits per heavy atom. The van der Waals surface area contributed by atoms with E-state index in [4.69, 9.17) is 35.5 Å². The molecule has 1 N–H and O–H groups in total. The number of amides is 1. The number of halogens is 1. The smallest absolute Gasteiger partial charge is 0.323 e. The number of allylic oxidation sites excluding steroid dienone is 2. The predicted octanol–water partition coefficient (Wildman–Crippen LogP) is 5.27. The second-order valence-corrected chi connectivity index (χ2v) is 9.32. The lowest BCUT2D eigenvalue weighted by molar-refractivity contribution is -0.140. The van der Waals surface area contributed by atoms with Crippen LogP contribution in [0.4, 0.5) is 11.4 Å². The third kappa shape index (κ3) is 4.61. The van der Waals surface area contributed by atoms with E-state index >= 15 is 0 Å². The second-order valence-electron chi connectivity index (χ2n) is 6.18. The molecule has 2 aliphatic rings. The molecular formula is C19H16ClN3O3S3. The van der Waals surface area contributed by atoms with Crippen LogP contribution in [0.5, 0.6) is 0 Å². The van der Waals surface area contributed by atoms with Crippen LogP contribution in [-0.4, -0.2) is 39.3 Å². The summed E-state index contributed by atoms with van der Waals surface area (Å²) in [5.74, 6) is -1.51. The summed E-state index contributed by atoms with van der Waals surface area (Å²) in [5.41, 5.74) is 1.35. The Morgan fingerprint density at radius 3 is 2.76 bits per heavy atom. The third-order valence-corrected chi connectivity index (χ3v) is 7.01. The first-order chi connectivity index (χ1) is 13.8. The molecule has 1 aromatic rings. The van der Waals surface area contributed by atoms with E-state index in [0.29, 0.717) is 15.6 Å². The number of carboxylic acid groups (broad SMARTS) is 1. The Labute approximate surface area is 187 Å². The van der Waals surface area contributed by atoms with Gasteiger partial charge in [-0.2, -0.15) is 0 Å². The molecule has 0 atom stereocenters. The van der Waals surface area contributed by atoms with Gasteiger partial charge in [0.1, 0.15) is 10.9 Å². The number of fused-ring (bicyclic) bond motifs is 1. The first kappa shape index (κ1) is 21.7. The predicted molar refractivity (Wildman–Crippen MR) is 122 cm³/mol. The highest BCUT2D eigenvalue weighted by molar-refractivity contribution is 8.26. The van der Waals surface area contributed by atoms with Gasteiger partial charge in [-0.15, -0.1) is 0 Å². The highest BCUT2D eigenvalue weighted by Crippen LogP contribution is 2.49. The Bertz CT molecular complexity index is 1000. The van der Waals surface area contributed by atoms with Crippen molar-refractivity contribution in [1.82, 2.24) is 4.90 Å². The normalized spacial score (nSPS) is 18.7. The number of aliphatic carboxylic acids is 1. The molecular weight excluding hydrogens is 450 g/mol. The summed E-state index contributed by atoms with van der Waals surface area (Å²) in [6.07, 6.45) is 5.50. The maximum atomic E-state index is 12.4. The maximum absolute atomic E-state index is 12.4. The van der Waals surface area contributed by atoms with Crippen LogP contribution in [0.1, 0.15) is 19.8 Å². The van der Waals surface area contributed by atoms with Crippen LogP contribution < -0.4 is 4.90 Å². The molecule has 1 amide bonds. The number of carboxylic acids is 1. The lowest BCUT2D eigenvalue weighted by Gasteiger charge is -2.20. The summed E-state index contributed by atoms with van der Waals surface area (Å²) < 4.78 is 0.237. The number of carbonyl (C=O) groups excluding carboxylic acids is 1. The van der Waals surface area contributed by atoms with E-state index in [1.54, 1.807) is 18.2 Å². The zero-order valence-electron chi connectivity index (χ0n) is 15.3. The summed E-state index contributed by atoms with van der Waals surface area (Å²) in [7, 11) is 0. The maximum Gasteiger partial charge on any atom is 0.323 e. The fourth-order valence-corrected chi connectivity index (χ4v) is 5.30. The number of hydrogen-bond acceptors (Lipinski definition) is 6. The second kappa shape index (κ2) is 9.22. The topological polar surface area (TPSA) is 65.2 Å². The number of unbranched alkanes of at least 4 members (excludes halogenated alkanes) is 1. The van der Waals surface area contributed by atoms with Gasteiger partial charge in [-0.3, -0.25) is 14.5 Å². The monoisotopic (exact) mass is 465 g/mol. The van der Waals surface area contributed by atoms with Gasteiger partial charge in [-0.05, 0) is 30.7 Å². The van der Waals surface area contributed by atoms with Crippen molar-refractivity contribution in [1.29, 1.82) is 0 Å². The van der Waals surface area contributed by atoms with Crippen LogP contribution in [0.2, 0.25) is 5.02 Å². The molecule has 0 aromatic heterocycles. The number of benzene rings is 1. The van der Waals surface area contributed by atoms with Gasteiger partial charge in [0, 0.05) is 16.5 Å². The zero-order valence-corrected chi connectivity index (χ0v) is 18.6. The van der Waals surface area contributed by atoms with Crippen LogP contribution in [-0.2, 0) is 9.59 Å². The standard InChI is InChI=1S/C19H16ClN3O3S3/c1-3-4-7-22-13-8-11(20)12(21-2)9-15(13)28-16(22)6-5-14-18(26)23(10-17(24)25)19(27)29-14/h5-6,8-9H,3-4,7,10H2,1H3,(H,24,25)/b14-5+,16-6-. The summed E-state index contributed by atoms with van der Waals surface area (Å²) >= 11 is 14.0. The van der Waals surface area contributed by atoms with Crippen LogP contribution in [0, 0.1) is 6.57 Å². The molecule has 29 heavy (non-hydrogen) atoms. The molecule has 0 bridgehead atoms. The SMILES string of the molecule is [C-]#[N+]c1cc2c(cc1Cl)N(CCCC)/C(=C/C=C1/SC(=S)N(CC(=O)O)C1=O)S2. The van der Waals surface area contributed by atoms with Crippen molar-refractivity contribution in [2.75, 3.05) is 18.0 Å². The molecule has 1 aromatic carbocycles. The Kier molecular flexibility index (Phi) is 6.90. The van der Waals surface area contributed by atoms with E-state index < -0.39 is 18.4 Å². The van der Waals surface area contributed by atoms with Crippen LogP contribution >= 0.6 is 47.3 Å². The van der Waals surface area contributed by atoms with Gasteiger partial charge in [0.05, 0.1) is 22.2 Å². The molecule has 6 nitrogen and oxygen atoms in total. The number of rotatable bonds is 6. The average molecular weight is 466 g/mol. The molecule has 150 valence electrons. The zero-order chi connectivity index (χ0) is 21.1. The number of anilines is 1. The van der Waals surface area contributed by atoms with Gasteiger partial charge >= 0.3 is 5.97 Å². The summed E-state index contributed by atoms with van der Waals surface area (Å²) in [6.45, 7) is 9.70. The van der Waals surface area contributed by atoms with E-state index in [-0.39, 0.29) is 4.32 Å². The first-order valence-corrected chi connectivity index (χ1v) is 11.1. The summed E-state index contributed by atoms with van der Waals surface area (Å²) in [4.78, 5) is 31.4.